The summed E-state index contributed by atoms with van der Waals surface area (Å²) in [5.41, 5.74) is 5.40. The molecule has 0 aliphatic heterocycles. The van der Waals surface area contributed by atoms with Gasteiger partial charge in [0.25, 0.3) is 0 Å². The quantitative estimate of drug-likeness (QED) is 0.833. The number of amides is 1. The lowest BCUT2D eigenvalue weighted by atomic mass is 10.1. The molecule has 1 aromatic carbocycles. The summed E-state index contributed by atoms with van der Waals surface area (Å²) in [4.78, 5) is 11.4. The van der Waals surface area contributed by atoms with Gasteiger partial charge in [0, 0.05) is 12.5 Å². The minimum atomic E-state index is -1.03. The number of nitrogens with one attached hydrogen (secondary N) is 1. The van der Waals surface area contributed by atoms with Crippen LogP contribution in [0.4, 0.5) is 14.5 Å². The smallest absolute Gasteiger partial charge is 0.224 e. The molecule has 0 aromatic heterocycles. The summed E-state index contributed by atoms with van der Waals surface area (Å²) in [6.07, 6.45) is 1.59. The molecule has 94 valence electrons. The van der Waals surface area contributed by atoms with Crippen molar-refractivity contribution in [3.63, 3.8) is 0 Å². The van der Waals surface area contributed by atoms with Crippen LogP contribution < -0.4 is 11.1 Å². The summed E-state index contributed by atoms with van der Waals surface area (Å²) in [6, 6.07) is 3.70. The number of carbonyl (C=O) groups excluding carboxylic acids is 1. The maximum Gasteiger partial charge on any atom is 0.224 e. The van der Waals surface area contributed by atoms with Gasteiger partial charge in [-0.15, -0.1) is 0 Å². The van der Waals surface area contributed by atoms with Gasteiger partial charge in [0.05, 0.1) is 5.69 Å². The fourth-order valence-electron chi connectivity index (χ4n) is 1.40. The highest BCUT2D eigenvalue weighted by Gasteiger charge is 2.10. The Bertz CT molecular complexity index is 394. The lowest BCUT2D eigenvalue weighted by molar-refractivity contribution is -0.116. The van der Waals surface area contributed by atoms with Gasteiger partial charge in [-0.2, -0.15) is 0 Å². The van der Waals surface area contributed by atoms with Crippen LogP contribution in [0.2, 0.25) is 0 Å². The first kappa shape index (κ1) is 13.6. The van der Waals surface area contributed by atoms with Gasteiger partial charge in [-0.25, -0.2) is 8.78 Å². The Morgan fingerprint density at radius 3 is 2.82 bits per heavy atom. The molecular formula is C12H16F2N2O. The number of rotatable bonds is 5. The van der Waals surface area contributed by atoms with E-state index in [9.17, 15) is 13.6 Å². The van der Waals surface area contributed by atoms with Crippen molar-refractivity contribution in [3.05, 3.63) is 29.8 Å². The van der Waals surface area contributed by atoms with Crippen LogP contribution in [-0.4, -0.2) is 11.9 Å². The minimum absolute atomic E-state index is 0.0358. The summed E-state index contributed by atoms with van der Waals surface area (Å²) in [5, 5.41) is 2.33. The fraction of sp³-hybridized carbons (Fsp3) is 0.417. The first-order valence-corrected chi connectivity index (χ1v) is 5.50. The first-order valence-electron chi connectivity index (χ1n) is 5.50. The predicted octanol–water partition coefficient (Wildman–Crippen LogP) is 2.42. The van der Waals surface area contributed by atoms with E-state index in [2.05, 4.69) is 5.32 Å². The number of carbonyl (C=O) groups is 1. The monoisotopic (exact) mass is 242 g/mol. The second-order valence-corrected chi connectivity index (χ2v) is 4.02. The van der Waals surface area contributed by atoms with Crippen LogP contribution in [0.5, 0.6) is 0 Å². The molecule has 0 aliphatic carbocycles. The zero-order chi connectivity index (χ0) is 12.8. The van der Waals surface area contributed by atoms with Crippen LogP contribution in [-0.2, 0) is 4.79 Å². The van der Waals surface area contributed by atoms with Crippen molar-refractivity contribution in [1.82, 2.24) is 0 Å². The molecule has 5 heteroatoms. The standard InChI is InChI=1S/C12H16F2N2O/c1-8(15)4-2-7-11(17)16-10-6-3-5-9(13)12(10)14/h3,5-6,8H,2,4,7,15H2,1H3,(H,16,17). The number of hydrogen-bond acceptors (Lipinski definition) is 2. The summed E-state index contributed by atoms with van der Waals surface area (Å²) in [7, 11) is 0. The van der Waals surface area contributed by atoms with Gasteiger partial charge in [-0.3, -0.25) is 4.79 Å². The molecule has 0 saturated heterocycles. The van der Waals surface area contributed by atoms with E-state index in [0.29, 0.717) is 6.42 Å². The van der Waals surface area contributed by atoms with Crippen molar-refractivity contribution in [2.75, 3.05) is 5.32 Å². The Kier molecular flexibility index (Phi) is 5.03. The summed E-state index contributed by atoms with van der Waals surface area (Å²) < 4.78 is 26.0. The second-order valence-electron chi connectivity index (χ2n) is 4.02. The number of benzene rings is 1. The Morgan fingerprint density at radius 1 is 1.47 bits per heavy atom. The van der Waals surface area contributed by atoms with Crippen molar-refractivity contribution in [2.45, 2.75) is 32.2 Å². The highest BCUT2D eigenvalue weighted by molar-refractivity contribution is 5.90. The highest BCUT2D eigenvalue weighted by atomic mass is 19.2. The van der Waals surface area contributed by atoms with E-state index in [-0.39, 0.29) is 24.1 Å². The van der Waals surface area contributed by atoms with E-state index in [1.165, 1.54) is 12.1 Å². The van der Waals surface area contributed by atoms with Gasteiger partial charge in [-0.05, 0) is 31.9 Å². The summed E-state index contributed by atoms with van der Waals surface area (Å²) in [6.45, 7) is 1.85. The van der Waals surface area contributed by atoms with Crippen LogP contribution in [0.25, 0.3) is 0 Å². The number of anilines is 1. The Balaban J connectivity index is 2.48. The lowest BCUT2D eigenvalue weighted by Gasteiger charge is -2.07. The van der Waals surface area contributed by atoms with E-state index >= 15 is 0 Å². The fourth-order valence-corrected chi connectivity index (χ4v) is 1.40. The Labute approximate surface area is 99.0 Å². The van der Waals surface area contributed by atoms with Crippen LogP contribution in [0.3, 0.4) is 0 Å². The van der Waals surface area contributed by atoms with Gasteiger partial charge >= 0.3 is 0 Å². The summed E-state index contributed by atoms with van der Waals surface area (Å²) >= 11 is 0. The van der Waals surface area contributed by atoms with Crippen LogP contribution >= 0.6 is 0 Å². The maximum atomic E-state index is 13.2. The lowest BCUT2D eigenvalue weighted by Crippen LogP contribution is -2.17. The molecule has 1 atom stereocenters. The molecule has 3 N–H and O–H groups in total. The third kappa shape index (κ3) is 4.48. The molecule has 0 aliphatic rings. The van der Waals surface area contributed by atoms with E-state index in [4.69, 9.17) is 5.73 Å². The van der Waals surface area contributed by atoms with Gasteiger partial charge in [0.2, 0.25) is 5.91 Å². The van der Waals surface area contributed by atoms with Gasteiger partial charge < -0.3 is 11.1 Å². The Morgan fingerprint density at radius 2 is 2.18 bits per heavy atom. The second kappa shape index (κ2) is 6.30. The predicted molar refractivity (Wildman–Crippen MR) is 62.5 cm³/mol. The van der Waals surface area contributed by atoms with Crippen LogP contribution in [0.1, 0.15) is 26.2 Å². The number of nitrogens with two attached hydrogens (primary N) is 1. The maximum absolute atomic E-state index is 13.2. The zero-order valence-electron chi connectivity index (χ0n) is 9.67. The molecule has 1 aromatic rings. The molecule has 17 heavy (non-hydrogen) atoms. The van der Waals surface area contributed by atoms with E-state index in [0.717, 1.165) is 12.5 Å². The molecule has 1 rings (SSSR count). The van der Waals surface area contributed by atoms with Crippen molar-refractivity contribution in [2.24, 2.45) is 5.73 Å². The molecule has 0 heterocycles. The molecule has 0 spiro atoms. The summed E-state index contributed by atoms with van der Waals surface area (Å²) in [5.74, 6) is -2.35. The average Bonchev–Trinajstić information content (AvgIpc) is 2.24. The molecule has 0 saturated carbocycles. The third-order valence-corrected chi connectivity index (χ3v) is 2.29. The SMILES string of the molecule is CC(N)CCCC(=O)Nc1cccc(F)c1F. The van der Waals surface area contributed by atoms with Crippen molar-refractivity contribution >= 4 is 11.6 Å². The Hall–Kier alpha value is -1.49. The van der Waals surface area contributed by atoms with E-state index in [1.807, 2.05) is 6.92 Å². The largest absolute Gasteiger partial charge is 0.328 e. The molecule has 3 nitrogen and oxygen atoms in total. The normalized spacial score (nSPS) is 12.2. The van der Waals surface area contributed by atoms with Crippen molar-refractivity contribution in [3.8, 4) is 0 Å². The van der Waals surface area contributed by atoms with E-state index < -0.39 is 11.6 Å². The topological polar surface area (TPSA) is 55.1 Å². The zero-order valence-corrected chi connectivity index (χ0v) is 9.67. The minimum Gasteiger partial charge on any atom is -0.328 e. The van der Waals surface area contributed by atoms with Gasteiger partial charge in [0.15, 0.2) is 11.6 Å². The van der Waals surface area contributed by atoms with Crippen molar-refractivity contribution in [1.29, 1.82) is 0 Å². The molecule has 1 amide bonds. The highest BCUT2D eigenvalue weighted by Crippen LogP contribution is 2.16. The van der Waals surface area contributed by atoms with Gasteiger partial charge in [0.1, 0.15) is 0 Å². The van der Waals surface area contributed by atoms with Crippen molar-refractivity contribution < 1.29 is 13.6 Å². The van der Waals surface area contributed by atoms with Crippen LogP contribution in [0, 0.1) is 11.6 Å². The molecule has 0 fully saturated rings. The molecule has 0 bridgehead atoms. The molecular weight excluding hydrogens is 226 g/mol. The first-order chi connectivity index (χ1) is 8.00. The van der Waals surface area contributed by atoms with Gasteiger partial charge in [-0.1, -0.05) is 6.07 Å². The third-order valence-electron chi connectivity index (χ3n) is 2.29. The number of hydrogen-bond donors (Lipinski definition) is 2. The number of halogens is 2. The molecule has 0 radical (unpaired) electrons. The average molecular weight is 242 g/mol. The van der Waals surface area contributed by atoms with Crippen LogP contribution in [0.15, 0.2) is 18.2 Å². The molecule has 1 unspecified atom stereocenters. The van der Waals surface area contributed by atoms with E-state index in [1.54, 1.807) is 0 Å².